The Morgan fingerprint density at radius 1 is 1.31 bits per heavy atom. The number of allylic oxidation sites excluding steroid dienone is 1. The lowest BCUT2D eigenvalue weighted by Crippen LogP contribution is -2.32. The van der Waals surface area contributed by atoms with E-state index in [0.717, 1.165) is 13.1 Å². The molecule has 2 nitrogen and oxygen atoms in total. The average molecular weight is 222 g/mol. The van der Waals surface area contributed by atoms with Crippen LogP contribution in [0.3, 0.4) is 0 Å². The molecule has 16 heavy (non-hydrogen) atoms. The standard InChI is InChI=1S/C14H26N2/c1-10(2)11(3)15-8-12-7-13(16-9-12)14(4,5)6/h7,10-11,15H,8-9H2,1-6H3. The lowest BCUT2D eigenvalue weighted by Gasteiger charge is -2.18. The lowest BCUT2D eigenvalue weighted by molar-refractivity contribution is 0.441. The maximum absolute atomic E-state index is 4.60. The molecule has 0 bridgehead atoms. The van der Waals surface area contributed by atoms with Gasteiger partial charge in [0.15, 0.2) is 0 Å². The van der Waals surface area contributed by atoms with Gasteiger partial charge in [-0.3, -0.25) is 4.99 Å². The SMILES string of the molecule is CC(C)C(C)NCC1=CC(C(C)(C)C)=NC1. The van der Waals surface area contributed by atoms with Gasteiger partial charge in [0.25, 0.3) is 0 Å². The fourth-order valence-electron chi connectivity index (χ4n) is 1.56. The molecule has 1 N–H and O–H groups in total. The first kappa shape index (κ1) is 13.4. The van der Waals surface area contributed by atoms with E-state index in [9.17, 15) is 0 Å². The van der Waals surface area contributed by atoms with Crippen molar-refractivity contribution in [2.24, 2.45) is 16.3 Å². The van der Waals surface area contributed by atoms with E-state index in [4.69, 9.17) is 0 Å². The van der Waals surface area contributed by atoms with Crippen molar-refractivity contribution in [2.75, 3.05) is 13.1 Å². The van der Waals surface area contributed by atoms with Gasteiger partial charge in [0.2, 0.25) is 0 Å². The minimum absolute atomic E-state index is 0.186. The Morgan fingerprint density at radius 2 is 1.94 bits per heavy atom. The van der Waals surface area contributed by atoms with Crippen LogP contribution in [0.1, 0.15) is 41.5 Å². The molecule has 1 heterocycles. The van der Waals surface area contributed by atoms with Gasteiger partial charge in [-0.1, -0.05) is 34.6 Å². The summed E-state index contributed by atoms with van der Waals surface area (Å²) in [6.07, 6.45) is 2.26. The first-order valence-electron chi connectivity index (χ1n) is 6.28. The topological polar surface area (TPSA) is 24.4 Å². The summed E-state index contributed by atoms with van der Waals surface area (Å²) in [5.41, 5.74) is 2.84. The molecule has 1 aliphatic heterocycles. The van der Waals surface area contributed by atoms with E-state index in [0.29, 0.717) is 12.0 Å². The van der Waals surface area contributed by atoms with Crippen LogP contribution in [0.2, 0.25) is 0 Å². The Bertz CT molecular complexity index is 292. The van der Waals surface area contributed by atoms with Gasteiger partial charge in [0.05, 0.1) is 6.54 Å². The first-order chi connectivity index (χ1) is 7.30. The van der Waals surface area contributed by atoms with Crippen LogP contribution in [0.25, 0.3) is 0 Å². The molecule has 0 amide bonds. The van der Waals surface area contributed by atoms with Gasteiger partial charge >= 0.3 is 0 Å². The largest absolute Gasteiger partial charge is 0.310 e. The van der Waals surface area contributed by atoms with Gasteiger partial charge in [-0.15, -0.1) is 0 Å². The highest BCUT2D eigenvalue weighted by atomic mass is 14.9. The predicted molar refractivity (Wildman–Crippen MR) is 72.1 cm³/mol. The molecule has 0 aromatic heterocycles. The molecule has 92 valence electrons. The van der Waals surface area contributed by atoms with Crippen molar-refractivity contribution in [3.05, 3.63) is 11.6 Å². The van der Waals surface area contributed by atoms with Crippen molar-refractivity contribution in [3.8, 4) is 0 Å². The summed E-state index contributed by atoms with van der Waals surface area (Å²) in [5.74, 6) is 0.685. The monoisotopic (exact) mass is 222 g/mol. The summed E-state index contributed by atoms with van der Waals surface area (Å²) >= 11 is 0. The Morgan fingerprint density at radius 3 is 2.38 bits per heavy atom. The molecular formula is C14H26N2. The summed E-state index contributed by atoms with van der Waals surface area (Å²) in [6.45, 7) is 15.2. The average Bonchev–Trinajstić information content (AvgIpc) is 2.61. The van der Waals surface area contributed by atoms with E-state index < -0.39 is 0 Å². The highest BCUT2D eigenvalue weighted by molar-refractivity contribution is 6.01. The number of nitrogens with zero attached hydrogens (tertiary/aromatic N) is 1. The van der Waals surface area contributed by atoms with Crippen molar-refractivity contribution in [1.82, 2.24) is 5.32 Å². The summed E-state index contributed by atoms with van der Waals surface area (Å²) < 4.78 is 0. The van der Waals surface area contributed by atoms with Gasteiger partial charge in [0, 0.05) is 23.7 Å². The highest BCUT2D eigenvalue weighted by Gasteiger charge is 2.21. The number of hydrogen-bond donors (Lipinski definition) is 1. The van der Waals surface area contributed by atoms with Crippen LogP contribution in [-0.4, -0.2) is 24.8 Å². The van der Waals surface area contributed by atoms with E-state index in [1.165, 1.54) is 11.3 Å². The van der Waals surface area contributed by atoms with E-state index in [1.54, 1.807) is 0 Å². The lowest BCUT2D eigenvalue weighted by atomic mass is 9.90. The Labute approximate surface area is 100 Å². The molecule has 0 saturated carbocycles. The van der Waals surface area contributed by atoms with E-state index in [2.05, 4.69) is 57.9 Å². The third kappa shape index (κ3) is 3.75. The van der Waals surface area contributed by atoms with Crippen LogP contribution in [0, 0.1) is 11.3 Å². The highest BCUT2D eigenvalue weighted by Crippen LogP contribution is 2.22. The fraction of sp³-hybridized carbons (Fsp3) is 0.786. The molecule has 0 aromatic carbocycles. The van der Waals surface area contributed by atoms with Gasteiger partial charge in [0.1, 0.15) is 0 Å². The van der Waals surface area contributed by atoms with Gasteiger partial charge in [-0.05, 0) is 24.5 Å². The van der Waals surface area contributed by atoms with E-state index in [-0.39, 0.29) is 5.41 Å². The molecule has 1 aliphatic rings. The second kappa shape index (κ2) is 5.13. The second-order valence-corrected chi connectivity index (χ2v) is 6.17. The molecule has 1 unspecified atom stereocenters. The number of hydrogen-bond acceptors (Lipinski definition) is 2. The Kier molecular flexibility index (Phi) is 4.31. The molecule has 0 aromatic rings. The number of rotatable bonds is 4. The van der Waals surface area contributed by atoms with Crippen LogP contribution in [0.15, 0.2) is 16.6 Å². The zero-order chi connectivity index (χ0) is 12.3. The van der Waals surface area contributed by atoms with Crippen LogP contribution in [0.4, 0.5) is 0 Å². The quantitative estimate of drug-likeness (QED) is 0.777. The molecular weight excluding hydrogens is 196 g/mol. The van der Waals surface area contributed by atoms with Crippen LogP contribution in [0.5, 0.6) is 0 Å². The molecule has 1 atom stereocenters. The molecule has 0 radical (unpaired) electrons. The molecule has 2 heteroatoms. The Hall–Kier alpha value is -0.630. The van der Waals surface area contributed by atoms with E-state index >= 15 is 0 Å². The molecule has 1 rings (SSSR count). The smallest absolute Gasteiger partial charge is 0.0619 e. The van der Waals surface area contributed by atoms with Crippen molar-refractivity contribution >= 4 is 5.71 Å². The first-order valence-corrected chi connectivity index (χ1v) is 6.28. The predicted octanol–water partition coefficient (Wildman–Crippen LogP) is 3.05. The minimum Gasteiger partial charge on any atom is -0.310 e. The fourth-order valence-corrected chi connectivity index (χ4v) is 1.56. The van der Waals surface area contributed by atoms with Crippen LogP contribution < -0.4 is 5.32 Å². The molecule has 0 aliphatic carbocycles. The van der Waals surface area contributed by atoms with Crippen molar-refractivity contribution < 1.29 is 0 Å². The maximum Gasteiger partial charge on any atom is 0.0619 e. The van der Waals surface area contributed by atoms with Crippen LogP contribution in [-0.2, 0) is 0 Å². The Balaban J connectivity index is 2.43. The minimum atomic E-state index is 0.186. The third-order valence-electron chi connectivity index (χ3n) is 3.21. The summed E-state index contributed by atoms with van der Waals surface area (Å²) in [4.78, 5) is 4.60. The third-order valence-corrected chi connectivity index (χ3v) is 3.21. The summed E-state index contributed by atoms with van der Waals surface area (Å²) in [5, 5.41) is 3.55. The summed E-state index contributed by atoms with van der Waals surface area (Å²) in [6, 6.07) is 0.569. The van der Waals surface area contributed by atoms with Crippen molar-refractivity contribution in [1.29, 1.82) is 0 Å². The molecule has 0 spiro atoms. The number of nitrogens with one attached hydrogen (secondary N) is 1. The van der Waals surface area contributed by atoms with Crippen LogP contribution >= 0.6 is 0 Å². The van der Waals surface area contributed by atoms with Gasteiger partial charge < -0.3 is 5.32 Å². The molecule has 0 saturated heterocycles. The normalized spacial score (nSPS) is 18.7. The van der Waals surface area contributed by atoms with Crippen molar-refractivity contribution in [2.45, 2.75) is 47.6 Å². The zero-order valence-corrected chi connectivity index (χ0v) is 11.6. The van der Waals surface area contributed by atoms with Gasteiger partial charge in [-0.25, -0.2) is 0 Å². The van der Waals surface area contributed by atoms with Gasteiger partial charge in [-0.2, -0.15) is 0 Å². The zero-order valence-electron chi connectivity index (χ0n) is 11.6. The number of aliphatic imine (C=N–C) groups is 1. The summed E-state index contributed by atoms with van der Waals surface area (Å²) in [7, 11) is 0. The van der Waals surface area contributed by atoms with E-state index in [1.807, 2.05) is 0 Å². The molecule has 0 fully saturated rings. The van der Waals surface area contributed by atoms with Crippen molar-refractivity contribution in [3.63, 3.8) is 0 Å². The maximum atomic E-state index is 4.60. The second-order valence-electron chi connectivity index (χ2n) is 6.17.